The van der Waals surface area contributed by atoms with Gasteiger partial charge in [0.1, 0.15) is 11.5 Å². The molecule has 0 bridgehead atoms. The van der Waals surface area contributed by atoms with Crippen molar-refractivity contribution in [2.45, 2.75) is 19.5 Å². The third kappa shape index (κ3) is 4.02. The molecule has 11 nitrogen and oxygen atoms in total. The van der Waals surface area contributed by atoms with Gasteiger partial charge in [-0.3, -0.25) is 4.79 Å². The maximum Gasteiger partial charge on any atom is 0.488 e. The molecule has 12 heteroatoms. The first kappa shape index (κ1) is 21.0. The number of nitrogens with one attached hydrogen (secondary N) is 2. The van der Waals surface area contributed by atoms with Crippen LogP contribution in [0.2, 0.25) is 0 Å². The third-order valence-corrected chi connectivity index (χ3v) is 5.55. The number of carbonyl (C=O) groups excluding carboxylic acids is 1. The number of anilines is 1. The molecule has 1 aliphatic rings. The summed E-state index contributed by atoms with van der Waals surface area (Å²) in [7, 11) is -1.53. The van der Waals surface area contributed by atoms with E-state index in [1.54, 1.807) is 36.4 Å². The van der Waals surface area contributed by atoms with Gasteiger partial charge in [-0.15, -0.1) is 5.10 Å². The number of hydrogen-bond donors (Lipinski definition) is 5. The Kier molecular flexibility index (Phi) is 5.46. The number of rotatable bonds is 6. The van der Waals surface area contributed by atoms with Crippen LogP contribution in [0, 0.1) is 0 Å². The molecule has 33 heavy (non-hydrogen) atoms. The van der Waals surface area contributed by atoms with E-state index < -0.39 is 13.0 Å². The minimum absolute atomic E-state index is 0.218. The molecule has 5 rings (SSSR count). The molecule has 0 spiro atoms. The Morgan fingerprint density at radius 1 is 1.21 bits per heavy atom. The lowest BCUT2D eigenvalue weighted by Gasteiger charge is -2.20. The van der Waals surface area contributed by atoms with Crippen molar-refractivity contribution in [1.82, 2.24) is 30.1 Å². The van der Waals surface area contributed by atoms with Crippen LogP contribution in [0.1, 0.15) is 27.3 Å². The fourth-order valence-electron chi connectivity index (χ4n) is 3.92. The normalized spacial score (nSPS) is 13.0. The van der Waals surface area contributed by atoms with Crippen LogP contribution in [-0.2, 0) is 19.5 Å². The molecular weight excluding hydrogens is 423 g/mol. The lowest BCUT2D eigenvalue weighted by Crippen LogP contribution is -2.30. The molecule has 0 radical (unpaired) electrons. The Hall–Kier alpha value is -3.87. The maximum atomic E-state index is 11.7. The maximum absolute atomic E-state index is 11.7. The number of nitrogens with zero attached hydrogens (tertiary/aromatic N) is 5. The molecule has 4 heterocycles. The van der Waals surface area contributed by atoms with Gasteiger partial charge in [0.05, 0.1) is 11.2 Å². The van der Waals surface area contributed by atoms with E-state index in [1.165, 1.54) is 4.52 Å². The summed E-state index contributed by atoms with van der Waals surface area (Å²) in [6.45, 7) is 1.84. The molecule has 0 saturated carbocycles. The largest absolute Gasteiger partial charge is 0.488 e. The van der Waals surface area contributed by atoms with Crippen LogP contribution in [-0.4, -0.2) is 54.4 Å². The highest BCUT2D eigenvalue weighted by atomic mass is 16.4. The van der Waals surface area contributed by atoms with Gasteiger partial charge in [-0.25, -0.2) is 14.5 Å². The number of fused-ring (bicyclic) bond motifs is 2. The van der Waals surface area contributed by atoms with Crippen molar-refractivity contribution in [1.29, 1.82) is 0 Å². The number of amides is 1. The second kappa shape index (κ2) is 8.58. The number of benzene rings is 1. The Morgan fingerprint density at radius 2 is 2.06 bits per heavy atom. The number of primary amides is 1. The van der Waals surface area contributed by atoms with Gasteiger partial charge in [0, 0.05) is 18.7 Å². The van der Waals surface area contributed by atoms with E-state index in [-0.39, 0.29) is 5.69 Å². The van der Waals surface area contributed by atoms with Gasteiger partial charge in [-0.05, 0) is 36.1 Å². The van der Waals surface area contributed by atoms with Crippen LogP contribution < -0.4 is 21.8 Å². The van der Waals surface area contributed by atoms with E-state index in [0.29, 0.717) is 41.4 Å². The predicted octanol–water partition coefficient (Wildman–Crippen LogP) is -0.777. The molecule has 1 aliphatic heterocycles. The number of carbonyl (C=O) groups is 1. The van der Waals surface area contributed by atoms with E-state index in [9.17, 15) is 14.8 Å². The van der Waals surface area contributed by atoms with Gasteiger partial charge < -0.3 is 26.4 Å². The monoisotopic (exact) mass is 444 g/mol. The fraction of sp³-hybridized carbons (Fsp3) is 0.190. The summed E-state index contributed by atoms with van der Waals surface area (Å²) in [5.41, 5.74) is 9.88. The lowest BCUT2D eigenvalue weighted by atomic mass is 9.79. The molecule has 0 fully saturated rings. The van der Waals surface area contributed by atoms with Gasteiger partial charge >= 0.3 is 7.12 Å². The highest BCUT2D eigenvalue weighted by Crippen LogP contribution is 2.27. The Bertz CT molecular complexity index is 1360. The van der Waals surface area contributed by atoms with Gasteiger partial charge in [0.15, 0.2) is 11.5 Å². The molecule has 4 aromatic rings. The van der Waals surface area contributed by atoms with Crippen LogP contribution in [0.5, 0.6) is 0 Å². The van der Waals surface area contributed by atoms with Crippen LogP contribution in [0.25, 0.3) is 17.0 Å². The zero-order valence-corrected chi connectivity index (χ0v) is 17.6. The molecule has 0 aliphatic carbocycles. The zero-order valence-electron chi connectivity index (χ0n) is 17.6. The van der Waals surface area contributed by atoms with Gasteiger partial charge in [0.2, 0.25) is 0 Å². The molecule has 1 aromatic carbocycles. The molecular formula is C21H21BN8O3. The number of hydrogen-bond acceptors (Lipinski definition) is 9. The topological polar surface area (TPSA) is 164 Å². The first-order valence-electron chi connectivity index (χ1n) is 10.4. The molecule has 0 atom stereocenters. The first-order valence-corrected chi connectivity index (χ1v) is 10.4. The highest BCUT2D eigenvalue weighted by molar-refractivity contribution is 6.58. The molecule has 0 saturated heterocycles. The van der Waals surface area contributed by atoms with Gasteiger partial charge in [0.25, 0.3) is 5.91 Å². The Labute approximate surface area is 188 Å². The lowest BCUT2D eigenvalue weighted by molar-refractivity contribution is 0.0993. The number of nitrogens with two attached hydrogens (primary N) is 1. The van der Waals surface area contributed by atoms with Crippen molar-refractivity contribution >= 4 is 29.8 Å². The quantitative estimate of drug-likeness (QED) is 0.240. The van der Waals surface area contributed by atoms with Crippen molar-refractivity contribution in [3.05, 3.63) is 65.0 Å². The average molecular weight is 444 g/mol. The second-order valence-corrected chi connectivity index (χ2v) is 7.73. The summed E-state index contributed by atoms with van der Waals surface area (Å²) >= 11 is 0. The van der Waals surface area contributed by atoms with Crippen molar-refractivity contribution in [3.8, 4) is 11.5 Å². The third-order valence-electron chi connectivity index (χ3n) is 5.55. The van der Waals surface area contributed by atoms with Crippen molar-refractivity contribution in [3.63, 3.8) is 0 Å². The average Bonchev–Trinajstić information content (AvgIpc) is 3.26. The van der Waals surface area contributed by atoms with E-state index in [2.05, 4.69) is 20.9 Å². The summed E-state index contributed by atoms with van der Waals surface area (Å²) in [6.07, 6.45) is 0.765. The smallest absolute Gasteiger partial charge is 0.423 e. The van der Waals surface area contributed by atoms with Crippen molar-refractivity contribution < 1.29 is 14.8 Å². The highest BCUT2D eigenvalue weighted by Gasteiger charge is 2.22. The molecule has 3 aromatic heterocycles. The van der Waals surface area contributed by atoms with E-state index >= 15 is 0 Å². The number of pyridine rings is 1. The number of aromatic nitrogens is 5. The van der Waals surface area contributed by atoms with Crippen LogP contribution >= 0.6 is 0 Å². The second-order valence-electron chi connectivity index (χ2n) is 7.73. The summed E-state index contributed by atoms with van der Waals surface area (Å²) < 4.78 is 1.39. The van der Waals surface area contributed by atoms with E-state index in [4.69, 9.17) is 15.7 Å². The molecule has 0 unspecified atom stereocenters. The molecule has 166 valence electrons. The van der Waals surface area contributed by atoms with Gasteiger partial charge in [-0.2, -0.15) is 0 Å². The van der Waals surface area contributed by atoms with Crippen LogP contribution in [0.4, 0.5) is 5.82 Å². The van der Waals surface area contributed by atoms with Crippen LogP contribution in [0.15, 0.2) is 42.5 Å². The Morgan fingerprint density at radius 3 is 2.88 bits per heavy atom. The van der Waals surface area contributed by atoms with E-state index in [1.807, 2.05) is 6.07 Å². The summed E-state index contributed by atoms with van der Waals surface area (Å²) in [5.74, 6) is 0.458. The van der Waals surface area contributed by atoms with E-state index in [0.717, 1.165) is 29.8 Å². The van der Waals surface area contributed by atoms with Crippen LogP contribution in [0.3, 0.4) is 0 Å². The van der Waals surface area contributed by atoms with Crippen molar-refractivity contribution in [2.24, 2.45) is 5.73 Å². The zero-order chi connectivity index (χ0) is 22.9. The Balaban J connectivity index is 1.54. The van der Waals surface area contributed by atoms with Gasteiger partial charge in [-0.1, -0.05) is 35.5 Å². The summed E-state index contributed by atoms with van der Waals surface area (Å²) in [4.78, 5) is 21.2. The predicted molar refractivity (Wildman–Crippen MR) is 122 cm³/mol. The molecule has 1 amide bonds. The standard InChI is InChI=1S/C21H21BN8O3/c23-19(31)17-6-2-5-16-18(28-29-30(16)17)21-26-15-11-24-8-7-14(15)20(27-21)25-10-12-3-1-4-13(9-12)22(32)33/h1-6,9,24,32-33H,7-8,10-11H2,(H2,23,31)(H,25,26,27). The molecule has 6 N–H and O–H groups in total. The summed E-state index contributed by atoms with van der Waals surface area (Å²) in [5, 5.41) is 33.9. The fourth-order valence-corrected chi connectivity index (χ4v) is 3.92. The first-order chi connectivity index (χ1) is 16.0. The minimum Gasteiger partial charge on any atom is -0.423 e. The SMILES string of the molecule is NC(=O)c1cccc2c(-c3nc4c(c(NCc5cccc(B(O)O)c5)n3)CCNC4)nnn12. The minimum atomic E-state index is -1.53. The van der Waals surface area contributed by atoms with Crippen molar-refractivity contribution in [2.75, 3.05) is 11.9 Å². The summed E-state index contributed by atoms with van der Waals surface area (Å²) in [6, 6.07) is 12.1.